The number of H-pyrrole nitrogens is 1. The fraction of sp³-hybridized carbons (Fsp3) is 0.467. The number of pyridine rings is 1. The Hall–Kier alpha value is -2.12. The smallest absolute Gasteiger partial charge is 0.339 e. The molecule has 118 valence electrons. The molecule has 1 fully saturated rings. The lowest BCUT2D eigenvalue weighted by molar-refractivity contribution is 0.0699. The number of ether oxygens (including phenoxy) is 1. The van der Waals surface area contributed by atoms with E-state index < -0.39 is 5.97 Å². The van der Waals surface area contributed by atoms with E-state index in [1.807, 2.05) is 0 Å². The minimum absolute atomic E-state index is 0.166. The molecule has 3 heterocycles. The van der Waals surface area contributed by atoms with Crippen molar-refractivity contribution in [2.75, 3.05) is 46.4 Å². The third-order valence-corrected chi connectivity index (χ3v) is 3.98. The van der Waals surface area contributed by atoms with Crippen molar-refractivity contribution < 1.29 is 14.6 Å². The van der Waals surface area contributed by atoms with Crippen molar-refractivity contribution in [1.82, 2.24) is 19.8 Å². The molecule has 0 atom stereocenters. The molecule has 0 saturated carbocycles. The maximum absolute atomic E-state index is 11.1. The lowest BCUT2D eigenvalue weighted by Crippen LogP contribution is -2.45. The summed E-state index contributed by atoms with van der Waals surface area (Å²) in [6.45, 7) is 5.66. The summed E-state index contributed by atoms with van der Waals surface area (Å²) in [7, 11) is 2.13. The van der Waals surface area contributed by atoms with Crippen LogP contribution in [0.15, 0.2) is 18.3 Å². The summed E-state index contributed by atoms with van der Waals surface area (Å²) in [5.41, 5.74) is 1.30. The number of rotatable bonds is 5. The monoisotopic (exact) mass is 304 g/mol. The second kappa shape index (κ2) is 6.33. The van der Waals surface area contributed by atoms with Gasteiger partial charge < -0.3 is 19.7 Å². The molecule has 0 aromatic carbocycles. The third-order valence-electron chi connectivity index (χ3n) is 3.98. The predicted octanol–water partition coefficient (Wildman–Crippen LogP) is 0.887. The number of hydrogen-bond acceptors (Lipinski definition) is 5. The van der Waals surface area contributed by atoms with Gasteiger partial charge in [0.05, 0.1) is 5.52 Å². The van der Waals surface area contributed by atoms with Gasteiger partial charge in [-0.25, -0.2) is 9.78 Å². The maximum atomic E-state index is 11.1. The number of carbonyl (C=O) groups is 1. The summed E-state index contributed by atoms with van der Waals surface area (Å²) in [6.07, 6.45) is 1.45. The van der Waals surface area contributed by atoms with Gasteiger partial charge in [-0.1, -0.05) is 0 Å². The van der Waals surface area contributed by atoms with E-state index in [2.05, 4.69) is 26.8 Å². The van der Waals surface area contributed by atoms with Crippen LogP contribution in [0.4, 0.5) is 0 Å². The van der Waals surface area contributed by atoms with Crippen LogP contribution in [0.5, 0.6) is 5.88 Å². The van der Waals surface area contributed by atoms with Gasteiger partial charge in [-0.05, 0) is 13.1 Å². The van der Waals surface area contributed by atoms with Crippen LogP contribution in [-0.2, 0) is 0 Å². The molecule has 7 heteroatoms. The van der Waals surface area contributed by atoms with E-state index in [0.717, 1.165) is 32.7 Å². The highest BCUT2D eigenvalue weighted by Crippen LogP contribution is 2.19. The van der Waals surface area contributed by atoms with Gasteiger partial charge >= 0.3 is 5.97 Å². The molecule has 0 aliphatic carbocycles. The van der Waals surface area contributed by atoms with Crippen LogP contribution in [0.2, 0.25) is 0 Å². The first-order chi connectivity index (χ1) is 10.6. The molecule has 2 aromatic rings. The SMILES string of the molecule is CN1CCN(CCOc2ccc3[nH]cc(C(=O)O)c3n2)CC1. The number of aromatic amines is 1. The second-order valence-electron chi connectivity index (χ2n) is 5.55. The molecule has 1 aliphatic rings. The van der Waals surface area contributed by atoms with Crippen molar-refractivity contribution in [1.29, 1.82) is 0 Å². The summed E-state index contributed by atoms with van der Waals surface area (Å²) in [5, 5.41) is 9.12. The summed E-state index contributed by atoms with van der Waals surface area (Å²) in [5.74, 6) is -0.530. The molecule has 0 amide bonds. The number of aromatic carboxylic acids is 1. The third kappa shape index (κ3) is 3.20. The summed E-state index contributed by atoms with van der Waals surface area (Å²) in [4.78, 5) is 23.0. The minimum Gasteiger partial charge on any atom is -0.478 e. The number of piperazine rings is 1. The topological polar surface area (TPSA) is 81.7 Å². The van der Waals surface area contributed by atoms with Gasteiger partial charge in [-0.15, -0.1) is 0 Å². The van der Waals surface area contributed by atoms with Crippen molar-refractivity contribution in [2.24, 2.45) is 0 Å². The van der Waals surface area contributed by atoms with Crippen LogP contribution in [0.1, 0.15) is 10.4 Å². The van der Waals surface area contributed by atoms with Gasteiger partial charge in [0.25, 0.3) is 0 Å². The fourth-order valence-corrected chi connectivity index (χ4v) is 2.58. The highest BCUT2D eigenvalue weighted by atomic mass is 16.5. The Morgan fingerprint density at radius 1 is 1.36 bits per heavy atom. The van der Waals surface area contributed by atoms with E-state index >= 15 is 0 Å². The first-order valence-corrected chi connectivity index (χ1v) is 7.38. The van der Waals surface area contributed by atoms with E-state index in [9.17, 15) is 4.79 Å². The van der Waals surface area contributed by atoms with Gasteiger partial charge in [-0.2, -0.15) is 0 Å². The molecule has 2 aromatic heterocycles. The van der Waals surface area contributed by atoms with Crippen molar-refractivity contribution in [3.63, 3.8) is 0 Å². The largest absolute Gasteiger partial charge is 0.478 e. The lowest BCUT2D eigenvalue weighted by Gasteiger charge is -2.32. The average molecular weight is 304 g/mol. The standard InChI is InChI=1S/C15H20N4O3/c1-18-4-6-19(7-5-18)8-9-22-13-3-2-12-14(17-13)11(10-16-12)15(20)21/h2-3,10,16H,4-9H2,1H3,(H,20,21). The molecular weight excluding hydrogens is 284 g/mol. The molecule has 7 nitrogen and oxygen atoms in total. The van der Waals surface area contributed by atoms with Crippen LogP contribution in [-0.4, -0.2) is 77.2 Å². The van der Waals surface area contributed by atoms with Crippen LogP contribution in [0.25, 0.3) is 11.0 Å². The van der Waals surface area contributed by atoms with E-state index in [4.69, 9.17) is 9.84 Å². The van der Waals surface area contributed by atoms with Crippen molar-refractivity contribution >= 4 is 17.0 Å². The normalized spacial score (nSPS) is 17.0. The number of carboxylic acid groups (broad SMARTS) is 1. The number of hydrogen-bond donors (Lipinski definition) is 2. The molecule has 0 radical (unpaired) electrons. The lowest BCUT2D eigenvalue weighted by atomic mass is 10.3. The number of likely N-dealkylation sites (N-methyl/N-ethyl adjacent to an activating group) is 1. The molecule has 3 rings (SSSR count). The highest BCUT2D eigenvalue weighted by Gasteiger charge is 2.14. The van der Waals surface area contributed by atoms with Crippen LogP contribution >= 0.6 is 0 Å². The molecule has 22 heavy (non-hydrogen) atoms. The van der Waals surface area contributed by atoms with Gasteiger partial charge in [0.2, 0.25) is 5.88 Å². The number of nitrogens with one attached hydrogen (secondary N) is 1. The highest BCUT2D eigenvalue weighted by molar-refractivity contribution is 6.01. The Kier molecular flexibility index (Phi) is 4.26. The van der Waals surface area contributed by atoms with E-state index in [0.29, 0.717) is 23.5 Å². The molecule has 1 saturated heterocycles. The van der Waals surface area contributed by atoms with Crippen LogP contribution < -0.4 is 4.74 Å². The summed E-state index contributed by atoms with van der Waals surface area (Å²) < 4.78 is 5.67. The van der Waals surface area contributed by atoms with E-state index in [1.54, 1.807) is 12.1 Å². The fourth-order valence-electron chi connectivity index (χ4n) is 2.58. The minimum atomic E-state index is -0.992. The average Bonchev–Trinajstić information content (AvgIpc) is 2.92. The molecular formula is C15H20N4O3. The van der Waals surface area contributed by atoms with Gasteiger partial charge in [0.1, 0.15) is 17.7 Å². The van der Waals surface area contributed by atoms with Crippen LogP contribution in [0, 0.1) is 0 Å². The second-order valence-corrected chi connectivity index (χ2v) is 5.55. The summed E-state index contributed by atoms with van der Waals surface area (Å²) >= 11 is 0. The predicted molar refractivity (Wildman–Crippen MR) is 82.5 cm³/mol. The van der Waals surface area contributed by atoms with Gasteiger partial charge in [0.15, 0.2) is 0 Å². The van der Waals surface area contributed by atoms with E-state index in [1.165, 1.54) is 6.20 Å². The Labute approximate surface area is 128 Å². The molecule has 0 spiro atoms. The Morgan fingerprint density at radius 3 is 2.86 bits per heavy atom. The quantitative estimate of drug-likeness (QED) is 0.853. The summed E-state index contributed by atoms with van der Waals surface area (Å²) in [6, 6.07) is 3.55. The number of carboxylic acids is 1. The van der Waals surface area contributed by atoms with Crippen molar-refractivity contribution in [3.8, 4) is 5.88 Å². The Balaban J connectivity index is 1.59. The maximum Gasteiger partial charge on any atom is 0.339 e. The van der Waals surface area contributed by atoms with Crippen molar-refractivity contribution in [2.45, 2.75) is 0 Å². The van der Waals surface area contributed by atoms with Crippen molar-refractivity contribution in [3.05, 3.63) is 23.9 Å². The zero-order valence-corrected chi connectivity index (χ0v) is 12.6. The molecule has 1 aliphatic heterocycles. The van der Waals surface area contributed by atoms with Gasteiger partial charge in [-0.3, -0.25) is 4.90 Å². The zero-order valence-electron chi connectivity index (χ0n) is 12.6. The number of nitrogens with zero attached hydrogens (tertiary/aromatic N) is 3. The van der Waals surface area contributed by atoms with Gasteiger partial charge in [0, 0.05) is 45.0 Å². The molecule has 0 bridgehead atoms. The molecule has 0 unspecified atom stereocenters. The number of fused-ring (bicyclic) bond motifs is 1. The first kappa shape index (κ1) is 14.8. The first-order valence-electron chi connectivity index (χ1n) is 7.38. The Bertz CT molecular complexity index is 662. The molecule has 2 N–H and O–H groups in total. The van der Waals surface area contributed by atoms with Crippen LogP contribution in [0.3, 0.4) is 0 Å². The van der Waals surface area contributed by atoms with E-state index in [-0.39, 0.29) is 5.56 Å². The zero-order chi connectivity index (χ0) is 15.5. The Morgan fingerprint density at radius 2 is 2.14 bits per heavy atom. The number of aromatic nitrogens is 2.